The van der Waals surface area contributed by atoms with Crippen molar-refractivity contribution in [2.24, 2.45) is 0 Å². The monoisotopic (exact) mass is 447 g/mol. The molecule has 3 aromatic heterocycles. The smallest absolute Gasteiger partial charge is 0.289 e. The summed E-state index contributed by atoms with van der Waals surface area (Å²) in [6.45, 7) is 1.52. The van der Waals surface area contributed by atoms with Crippen LogP contribution in [0.25, 0.3) is 5.65 Å². The standard InChI is InChI=1S/C18H22BrN7O2/c19-15-10-22-26-16(21-9-13-8-20-12-24(28)11-13)7-17(23-18(15)26)25-5-2-1-3-14(25)4-6-27/h7-8,10-12,14,21,27H,1-6,9H2/t14-/m1/s1. The molecule has 1 fully saturated rings. The quantitative estimate of drug-likeness (QED) is 0.438. The van der Waals surface area contributed by atoms with E-state index in [0.717, 1.165) is 53.1 Å². The summed E-state index contributed by atoms with van der Waals surface area (Å²) in [6.07, 6.45) is 10.1. The van der Waals surface area contributed by atoms with Crippen LogP contribution < -0.4 is 14.9 Å². The van der Waals surface area contributed by atoms with E-state index >= 15 is 0 Å². The first-order chi connectivity index (χ1) is 13.7. The van der Waals surface area contributed by atoms with Crippen molar-refractivity contribution in [3.8, 4) is 0 Å². The topological polar surface area (TPSA) is 106 Å². The molecule has 1 saturated heterocycles. The maximum atomic E-state index is 11.4. The van der Waals surface area contributed by atoms with Crippen LogP contribution in [-0.4, -0.2) is 43.9 Å². The zero-order valence-electron chi connectivity index (χ0n) is 15.3. The van der Waals surface area contributed by atoms with E-state index in [-0.39, 0.29) is 12.6 Å². The third-order valence-electron chi connectivity index (χ3n) is 4.99. The van der Waals surface area contributed by atoms with E-state index in [4.69, 9.17) is 4.98 Å². The fourth-order valence-corrected chi connectivity index (χ4v) is 4.00. The molecule has 1 aliphatic rings. The molecule has 1 aliphatic heterocycles. The number of aromatic nitrogens is 5. The van der Waals surface area contributed by atoms with Gasteiger partial charge in [-0.3, -0.25) is 0 Å². The first kappa shape index (κ1) is 18.9. The highest BCUT2D eigenvalue weighted by Gasteiger charge is 2.24. The molecular weight excluding hydrogens is 426 g/mol. The second-order valence-corrected chi connectivity index (χ2v) is 7.75. The Morgan fingerprint density at radius 1 is 1.36 bits per heavy atom. The van der Waals surface area contributed by atoms with Gasteiger partial charge in [-0.15, -0.1) is 0 Å². The van der Waals surface area contributed by atoms with Crippen molar-refractivity contribution in [3.05, 3.63) is 46.2 Å². The molecule has 4 rings (SSSR count). The number of fused-ring (bicyclic) bond motifs is 1. The molecule has 2 N–H and O–H groups in total. The molecule has 4 heterocycles. The average Bonchev–Trinajstić information content (AvgIpc) is 3.08. The Morgan fingerprint density at radius 3 is 3.07 bits per heavy atom. The average molecular weight is 448 g/mol. The van der Waals surface area contributed by atoms with Gasteiger partial charge in [-0.1, -0.05) is 4.98 Å². The first-order valence-corrected chi connectivity index (χ1v) is 10.1. The second-order valence-electron chi connectivity index (χ2n) is 6.89. The Bertz CT molecular complexity index is 962. The van der Waals surface area contributed by atoms with Crippen LogP contribution in [0.2, 0.25) is 0 Å². The Hall–Kier alpha value is -2.46. The van der Waals surface area contributed by atoms with Crippen molar-refractivity contribution in [1.82, 2.24) is 19.6 Å². The molecule has 0 amide bonds. The summed E-state index contributed by atoms with van der Waals surface area (Å²) >= 11 is 3.52. The lowest BCUT2D eigenvalue weighted by atomic mass is 9.99. The molecule has 28 heavy (non-hydrogen) atoms. The van der Waals surface area contributed by atoms with Gasteiger partial charge in [-0.25, -0.2) is 9.71 Å². The highest BCUT2D eigenvalue weighted by molar-refractivity contribution is 9.10. The number of anilines is 2. The number of hydrogen-bond donors (Lipinski definition) is 2. The van der Waals surface area contributed by atoms with E-state index in [1.54, 1.807) is 16.9 Å². The van der Waals surface area contributed by atoms with Crippen molar-refractivity contribution in [2.75, 3.05) is 23.4 Å². The van der Waals surface area contributed by atoms with Gasteiger partial charge in [0.2, 0.25) is 0 Å². The third kappa shape index (κ3) is 3.88. The van der Waals surface area contributed by atoms with Crippen LogP contribution in [-0.2, 0) is 6.54 Å². The normalized spacial score (nSPS) is 17.2. The van der Waals surface area contributed by atoms with Gasteiger partial charge < -0.3 is 20.5 Å². The van der Waals surface area contributed by atoms with Crippen LogP contribution in [0.5, 0.6) is 0 Å². The Balaban J connectivity index is 1.67. The highest BCUT2D eigenvalue weighted by atomic mass is 79.9. The Morgan fingerprint density at radius 2 is 2.25 bits per heavy atom. The molecule has 3 aromatic rings. The summed E-state index contributed by atoms with van der Waals surface area (Å²) in [5, 5.41) is 28.6. The SMILES string of the molecule is [O-][n+]1cncc(CNc2cc(N3CCCC[C@@H]3CCO)nc3c(Br)cnn23)c1. The third-order valence-corrected chi connectivity index (χ3v) is 5.55. The molecule has 10 heteroatoms. The zero-order valence-corrected chi connectivity index (χ0v) is 16.9. The Kier molecular flexibility index (Phi) is 5.58. The van der Waals surface area contributed by atoms with Crippen LogP contribution in [0, 0.1) is 5.21 Å². The van der Waals surface area contributed by atoms with Gasteiger partial charge in [0.05, 0.1) is 16.2 Å². The highest BCUT2D eigenvalue weighted by Crippen LogP contribution is 2.29. The molecule has 0 saturated carbocycles. The van der Waals surface area contributed by atoms with E-state index in [1.807, 2.05) is 6.07 Å². The zero-order chi connectivity index (χ0) is 19.5. The van der Waals surface area contributed by atoms with Gasteiger partial charge in [0, 0.05) is 31.8 Å². The van der Waals surface area contributed by atoms with Crippen molar-refractivity contribution < 1.29 is 9.84 Å². The van der Waals surface area contributed by atoms with E-state index in [0.29, 0.717) is 11.3 Å². The van der Waals surface area contributed by atoms with Crippen molar-refractivity contribution in [2.45, 2.75) is 38.3 Å². The van der Waals surface area contributed by atoms with E-state index in [2.05, 4.69) is 36.2 Å². The predicted octanol–water partition coefficient (Wildman–Crippen LogP) is 1.87. The first-order valence-electron chi connectivity index (χ1n) is 9.34. The molecule has 148 valence electrons. The van der Waals surface area contributed by atoms with E-state index in [9.17, 15) is 10.3 Å². The van der Waals surface area contributed by atoms with Crippen LogP contribution in [0.4, 0.5) is 11.6 Å². The Labute approximate surface area is 170 Å². The predicted molar refractivity (Wildman–Crippen MR) is 108 cm³/mol. The molecule has 0 aliphatic carbocycles. The molecule has 9 nitrogen and oxygen atoms in total. The molecule has 0 unspecified atom stereocenters. The number of hydrogen-bond acceptors (Lipinski definition) is 7. The minimum absolute atomic E-state index is 0.168. The van der Waals surface area contributed by atoms with E-state index in [1.165, 1.54) is 18.9 Å². The molecule has 0 spiro atoms. The minimum Gasteiger partial charge on any atom is -0.711 e. The summed E-state index contributed by atoms with van der Waals surface area (Å²) in [7, 11) is 0. The number of aliphatic hydroxyl groups excluding tert-OH is 1. The van der Waals surface area contributed by atoms with Gasteiger partial charge in [0.1, 0.15) is 24.0 Å². The summed E-state index contributed by atoms with van der Waals surface area (Å²) < 4.78 is 3.23. The summed E-state index contributed by atoms with van der Waals surface area (Å²) in [6, 6.07) is 2.25. The van der Waals surface area contributed by atoms with Crippen molar-refractivity contribution >= 4 is 33.2 Å². The van der Waals surface area contributed by atoms with Gasteiger partial charge in [-0.2, -0.15) is 9.61 Å². The van der Waals surface area contributed by atoms with Crippen molar-refractivity contribution in [3.63, 3.8) is 0 Å². The number of aliphatic hydroxyl groups is 1. The molecule has 0 aromatic carbocycles. The fourth-order valence-electron chi connectivity index (χ4n) is 3.66. The number of rotatable bonds is 6. The van der Waals surface area contributed by atoms with Crippen molar-refractivity contribution in [1.29, 1.82) is 0 Å². The number of nitrogens with one attached hydrogen (secondary N) is 1. The lowest BCUT2D eigenvalue weighted by molar-refractivity contribution is -0.609. The fraction of sp³-hybridized carbons (Fsp3) is 0.444. The van der Waals surface area contributed by atoms with Gasteiger partial charge in [-0.05, 0) is 41.6 Å². The summed E-state index contributed by atoms with van der Waals surface area (Å²) in [5.41, 5.74) is 1.49. The van der Waals surface area contributed by atoms with E-state index < -0.39 is 0 Å². The van der Waals surface area contributed by atoms with Gasteiger partial charge in [0.15, 0.2) is 5.65 Å². The largest absolute Gasteiger partial charge is 0.711 e. The van der Waals surface area contributed by atoms with Gasteiger partial charge >= 0.3 is 0 Å². The maximum absolute atomic E-state index is 11.4. The second kappa shape index (κ2) is 8.27. The minimum atomic E-state index is 0.168. The summed E-state index contributed by atoms with van der Waals surface area (Å²) in [5.74, 6) is 1.64. The molecule has 0 bridgehead atoms. The van der Waals surface area contributed by atoms with Crippen LogP contribution in [0.15, 0.2) is 35.5 Å². The lowest BCUT2D eigenvalue weighted by Gasteiger charge is -2.36. The number of nitrogens with zero attached hydrogens (tertiary/aromatic N) is 6. The van der Waals surface area contributed by atoms with Crippen LogP contribution >= 0.6 is 15.9 Å². The molecular formula is C18H22BrN7O2. The molecule has 1 atom stereocenters. The van der Waals surface area contributed by atoms with Crippen LogP contribution in [0.3, 0.4) is 0 Å². The number of halogens is 1. The summed E-state index contributed by atoms with van der Waals surface area (Å²) in [4.78, 5) is 11.0. The lowest BCUT2D eigenvalue weighted by Crippen LogP contribution is -2.40. The maximum Gasteiger partial charge on any atom is 0.289 e. The van der Waals surface area contributed by atoms with Gasteiger partial charge in [0.25, 0.3) is 6.33 Å². The number of piperidine rings is 1. The molecule has 0 radical (unpaired) electrons. The van der Waals surface area contributed by atoms with Crippen LogP contribution in [0.1, 0.15) is 31.2 Å².